The molecule has 0 bridgehead atoms. The van der Waals surface area contributed by atoms with Crippen LogP contribution in [0, 0.1) is 0 Å². The highest BCUT2D eigenvalue weighted by molar-refractivity contribution is 7.14. The van der Waals surface area contributed by atoms with Gasteiger partial charge in [-0.05, 0) is 36.4 Å². The van der Waals surface area contributed by atoms with Gasteiger partial charge in [-0.3, -0.25) is 9.59 Å². The van der Waals surface area contributed by atoms with E-state index in [-0.39, 0.29) is 18.3 Å². The smallest absolute Gasteiger partial charge is 0.258 e. The van der Waals surface area contributed by atoms with Crippen molar-refractivity contribution in [1.29, 1.82) is 0 Å². The number of benzene rings is 1. The van der Waals surface area contributed by atoms with Crippen LogP contribution in [0.3, 0.4) is 0 Å². The average Bonchev–Trinajstić information content (AvgIpc) is 3.36. The van der Waals surface area contributed by atoms with Crippen LogP contribution in [0.5, 0.6) is 11.5 Å². The van der Waals surface area contributed by atoms with E-state index >= 15 is 0 Å². The Morgan fingerprint density at radius 1 is 1.12 bits per heavy atom. The number of methoxy groups -OCH3 is 1. The molecule has 0 unspecified atom stereocenters. The minimum Gasteiger partial charge on any atom is -0.497 e. The molecule has 0 fully saturated rings. The summed E-state index contributed by atoms with van der Waals surface area (Å²) >= 11 is 1.32. The van der Waals surface area contributed by atoms with E-state index < -0.39 is 0 Å². The maximum atomic E-state index is 12.2. The van der Waals surface area contributed by atoms with Gasteiger partial charge in [-0.2, -0.15) is 0 Å². The summed E-state index contributed by atoms with van der Waals surface area (Å²) in [5.74, 6) is 1.10. The second kappa shape index (κ2) is 8.35. The van der Waals surface area contributed by atoms with Crippen molar-refractivity contribution in [3.05, 3.63) is 70.3 Å². The third-order valence-electron chi connectivity index (χ3n) is 3.50. The monoisotopic (exact) mass is 371 g/mol. The van der Waals surface area contributed by atoms with Gasteiger partial charge in [-0.25, -0.2) is 0 Å². The Bertz CT molecular complexity index is 885. The SMILES string of the molecule is COc1cccc(OCC(=O)NCc2ccc(C(=O)c3ccco3)s2)c1. The third kappa shape index (κ3) is 4.52. The summed E-state index contributed by atoms with van der Waals surface area (Å²) in [6.07, 6.45) is 1.46. The lowest BCUT2D eigenvalue weighted by molar-refractivity contribution is -0.123. The van der Waals surface area contributed by atoms with Crippen LogP contribution in [0.15, 0.2) is 59.2 Å². The van der Waals surface area contributed by atoms with Crippen molar-refractivity contribution >= 4 is 23.0 Å². The van der Waals surface area contributed by atoms with Crippen molar-refractivity contribution < 1.29 is 23.5 Å². The number of hydrogen-bond donors (Lipinski definition) is 1. The summed E-state index contributed by atoms with van der Waals surface area (Å²) in [7, 11) is 1.57. The highest BCUT2D eigenvalue weighted by Crippen LogP contribution is 2.21. The summed E-state index contributed by atoms with van der Waals surface area (Å²) < 4.78 is 15.6. The Labute approximate surface area is 154 Å². The molecule has 1 amide bonds. The van der Waals surface area contributed by atoms with Crippen molar-refractivity contribution in [3.8, 4) is 11.5 Å². The number of nitrogens with one attached hydrogen (secondary N) is 1. The second-order valence-corrected chi connectivity index (χ2v) is 6.49. The summed E-state index contributed by atoms with van der Waals surface area (Å²) in [6.45, 7) is 0.229. The fourth-order valence-electron chi connectivity index (χ4n) is 2.20. The molecule has 0 aliphatic carbocycles. The van der Waals surface area contributed by atoms with Gasteiger partial charge >= 0.3 is 0 Å². The van der Waals surface area contributed by atoms with Crippen LogP contribution in [0.1, 0.15) is 20.3 Å². The molecule has 1 aromatic carbocycles. The van der Waals surface area contributed by atoms with Gasteiger partial charge in [0.1, 0.15) is 11.5 Å². The van der Waals surface area contributed by atoms with Crippen molar-refractivity contribution in [3.63, 3.8) is 0 Å². The van der Waals surface area contributed by atoms with Gasteiger partial charge in [-0.15, -0.1) is 11.3 Å². The first kappa shape index (κ1) is 17.8. The molecule has 26 heavy (non-hydrogen) atoms. The Morgan fingerprint density at radius 3 is 2.73 bits per heavy atom. The Morgan fingerprint density at radius 2 is 1.96 bits per heavy atom. The minimum absolute atomic E-state index is 0.100. The number of ether oxygens (including phenoxy) is 2. The number of carbonyl (C=O) groups is 2. The Kier molecular flexibility index (Phi) is 5.70. The molecule has 0 saturated carbocycles. The maximum absolute atomic E-state index is 12.2. The average molecular weight is 371 g/mol. The highest BCUT2D eigenvalue weighted by Gasteiger charge is 2.14. The standard InChI is InChI=1S/C19H17NO5S/c1-23-13-4-2-5-14(10-13)25-12-18(21)20-11-15-7-8-17(26-15)19(22)16-6-3-9-24-16/h2-10H,11-12H2,1H3,(H,20,21). The minimum atomic E-state index is -0.250. The van der Waals surface area contributed by atoms with E-state index in [1.165, 1.54) is 17.6 Å². The lowest BCUT2D eigenvalue weighted by Crippen LogP contribution is -2.28. The maximum Gasteiger partial charge on any atom is 0.258 e. The molecule has 0 aliphatic rings. The molecule has 1 N–H and O–H groups in total. The van der Waals surface area contributed by atoms with E-state index in [0.717, 1.165) is 4.88 Å². The number of carbonyl (C=O) groups excluding carboxylic acids is 2. The fourth-order valence-corrected chi connectivity index (χ4v) is 3.09. The molecule has 6 nitrogen and oxygen atoms in total. The van der Waals surface area contributed by atoms with Crippen LogP contribution in [0.4, 0.5) is 0 Å². The molecule has 2 aromatic heterocycles. The highest BCUT2D eigenvalue weighted by atomic mass is 32.1. The first-order valence-electron chi connectivity index (χ1n) is 7.86. The van der Waals surface area contributed by atoms with Crippen LogP contribution >= 0.6 is 11.3 Å². The largest absolute Gasteiger partial charge is 0.497 e. The van der Waals surface area contributed by atoms with Crippen molar-refractivity contribution in [2.75, 3.05) is 13.7 Å². The van der Waals surface area contributed by atoms with E-state index in [0.29, 0.717) is 28.7 Å². The number of thiophene rings is 1. The zero-order valence-electron chi connectivity index (χ0n) is 14.1. The summed E-state index contributed by atoms with van der Waals surface area (Å²) in [5.41, 5.74) is 0. The third-order valence-corrected chi connectivity index (χ3v) is 4.59. The number of furan rings is 1. The van der Waals surface area contributed by atoms with Crippen LogP contribution in [-0.2, 0) is 11.3 Å². The molecule has 3 rings (SSSR count). The van der Waals surface area contributed by atoms with Gasteiger partial charge in [-0.1, -0.05) is 6.07 Å². The fraction of sp³-hybridized carbons (Fsp3) is 0.158. The predicted molar refractivity (Wildman–Crippen MR) is 96.8 cm³/mol. The van der Waals surface area contributed by atoms with Crippen molar-refractivity contribution in [1.82, 2.24) is 5.32 Å². The summed E-state index contributed by atoms with van der Waals surface area (Å²) in [6, 6.07) is 13.9. The molecule has 7 heteroatoms. The van der Waals surface area contributed by atoms with E-state index in [1.54, 1.807) is 49.6 Å². The van der Waals surface area contributed by atoms with Crippen molar-refractivity contribution in [2.24, 2.45) is 0 Å². The molecular weight excluding hydrogens is 354 g/mol. The van der Waals surface area contributed by atoms with E-state index in [4.69, 9.17) is 13.9 Å². The summed E-state index contributed by atoms with van der Waals surface area (Å²) in [4.78, 5) is 25.5. The van der Waals surface area contributed by atoms with Gasteiger partial charge in [0, 0.05) is 10.9 Å². The van der Waals surface area contributed by atoms with Gasteiger partial charge in [0.2, 0.25) is 5.78 Å². The van der Waals surface area contributed by atoms with Crippen LogP contribution in [-0.4, -0.2) is 25.4 Å². The first-order valence-corrected chi connectivity index (χ1v) is 8.68. The molecular formula is C19H17NO5S. The van der Waals surface area contributed by atoms with Crippen LogP contribution in [0.25, 0.3) is 0 Å². The predicted octanol–water partition coefficient (Wildman–Crippen LogP) is 3.28. The molecule has 0 spiro atoms. The lowest BCUT2D eigenvalue weighted by Gasteiger charge is -2.08. The number of hydrogen-bond acceptors (Lipinski definition) is 6. The molecule has 0 radical (unpaired) electrons. The van der Waals surface area contributed by atoms with Crippen LogP contribution < -0.4 is 14.8 Å². The lowest BCUT2D eigenvalue weighted by atomic mass is 10.2. The Hall–Kier alpha value is -3.06. The number of amides is 1. The van der Waals surface area contributed by atoms with Crippen molar-refractivity contribution in [2.45, 2.75) is 6.54 Å². The molecule has 2 heterocycles. The molecule has 0 atom stereocenters. The van der Waals surface area contributed by atoms with E-state index in [9.17, 15) is 9.59 Å². The van der Waals surface area contributed by atoms with Crippen LogP contribution in [0.2, 0.25) is 0 Å². The normalized spacial score (nSPS) is 10.3. The van der Waals surface area contributed by atoms with E-state index in [2.05, 4.69) is 5.32 Å². The van der Waals surface area contributed by atoms with Gasteiger partial charge in [0.05, 0.1) is 24.8 Å². The molecule has 0 aliphatic heterocycles. The second-order valence-electron chi connectivity index (χ2n) is 5.32. The Balaban J connectivity index is 1.48. The van der Waals surface area contributed by atoms with E-state index in [1.807, 2.05) is 6.07 Å². The number of ketones is 1. The molecule has 134 valence electrons. The topological polar surface area (TPSA) is 77.8 Å². The molecule has 3 aromatic rings. The first-order chi connectivity index (χ1) is 12.7. The van der Waals surface area contributed by atoms with Gasteiger partial charge in [0.25, 0.3) is 5.91 Å². The van der Waals surface area contributed by atoms with Gasteiger partial charge < -0.3 is 19.2 Å². The zero-order valence-corrected chi connectivity index (χ0v) is 14.9. The zero-order chi connectivity index (χ0) is 18.4. The number of rotatable bonds is 8. The van der Waals surface area contributed by atoms with Gasteiger partial charge in [0.15, 0.2) is 12.4 Å². The molecule has 0 saturated heterocycles. The quantitative estimate of drug-likeness (QED) is 0.615. The summed E-state index contributed by atoms with van der Waals surface area (Å²) in [5, 5.41) is 2.77.